The summed E-state index contributed by atoms with van der Waals surface area (Å²) in [6.07, 6.45) is 6.89. The molecule has 2 heteroatoms. The first-order valence-corrected chi connectivity index (χ1v) is 6.83. The van der Waals surface area contributed by atoms with Crippen molar-refractivity contribution in [1.29, 1.82) is 0 Å². The van der Waals surface area contributed by atoms with E-state index in [2.05, 4.69) is 29.6 Å². The van der Waals surface area contributed by atoms with Crippen LogP contribution in [0.15, 0.2) is 24.3 Å². The van der Waals surface area contributed by atoms with E-state index in [0.29, 0.717) is 0 Å². The quantitative estimate of drug-likeness (QED) is 0.840. The van der Waals surface area contributed by atoms with E-state index >= 15 is 0 Å². The fourth-order valence-electron chi connectivity index (χ4n) is 2.44. The van der Waals surface area contributed by atoms with E-state index in [1.54, 1.807) is 0 Å². The maximum absolute atomic E-state index is 5.43. The van der Waals surface area contributed by atoms with Crippen molar-refractivity contribution in [2.24, 2.45) is 0 Å². The van der Waals surface area contributed by atoms with Gasteiger partial charge in [-0.1, -0.05) is 31.4 Å². The van der Waals surface area contributed by atoms with Crippen LogP contribution in [0.25, 0.3) is 0 Å². The first kappa shape index (κ1) is 12.4. The topological polar surface area (TPSA) is 21.3 Å². The van der Waals surface area contributed by atoms with Gasteiger partial charge < -0.3 is 10.1 Å². The van der Waals surface area contributed by atoms with Crippen LogP contribution in [-0.2, 0) is 6.54 Å². The highest BCUT2D eigenvalue weighted by Gasteiger charge is 2.11. The summed E-state index contributed by atoms with van der Waals surface area (Å²) in [5.41, 5.74) is 1.35. The highest BCUT2D eigenvalue weighted by atomic mass is 16.5. The van der Waals surface area contributed by atoms with E-state index < -0.39 is 0 Å². The zero-order valence-corrected chi connectivity index (χ0v) is 10.7. The van der Waals surface area contributed by atoms with Crippen LogP contribution < -0.4 is 10.1 Å². The van der Waals surface area contributed by atoms with E-state index in [0.717, 1.165) is 24.9 Å². The molecule has 1 N–H and O–H groups in total. The highest BCUT2D eigenvalue weighted by Crippen LogP contribution is 2.18. The van der Waals surface area contributed by atoms with E-state index in [1.165, 1.54) is 37.7 Å². The van der Waals surface area contributed by atoms with E-state index in [1.807, 2.05) is 6.92 Å². The van der Waals surface area contributed by atoms with Gasteiger partial charge in [-0.2, -0.15) is 0 Å². The van der Waals surface area contributed by atoms with E-state index in [4.69, 9.17) is 4.74 Å². The van der Waals surface area contributed by atoms with Crippen molar-refractivity contribution < 1.29 is 4.74 Å². The minimum Gasteiger partial charge on any atom is -0.494 e. The second-order valence-electron chi connectivity index (χ2n) is 4.79. The van der Waals surface area contributed by atoms with Gasteiger partial charge in [-0.3, -0.25) is 0 Å². The first-order chi connectivity index (χ1) is 8.38. The van der Waals surface area contributed by atoms with Crippen LogP contribution in [0.2, 0.25) is 0 Å². The second kappa shape index (κ2) is 6.65. The summed E-state index contributed by atoms with van der Waals surface area (Å²) in [6, 6.07) is 9.15. The van der Waals surface area contributed by atoms with Crippen molar-refractivity contribution >= 4 is 0 Å². The molecule has 1 aromatic rings. The third kappa shape index (κ3) is 4.04. The van der Waals surface area contributed by atoms with Crippen molar-refractivity contribution in [3.05, 3.63) is 29.8 Å². The molecule has 17 heavy (non-hydrogen) atoms. The highest BCUT2D eigenvalue weighted by molar-refractivity contribution is 5.27. The lowest BCUT2D eigenvalue weighted by Gasteiger charge is -2.22. The zero-order valence-electron chi connectivity index (χ0n) is 10.7. The summed E-state index contributed by atoms with van der Waals surface area (Å²) in [7, 11) is 0. The predicted octanol–water partition coefficient (Wildman–Crippen LogP) is 3.51. The lowest BCUT2D eigenvalue weighted by molar-refractivity contribution is 0.340. The Hall–Kier alpha value is -1.02. The van der Waals surface area contributed by atoms with Crippen molar-refractivity contribution in [3.63, 3.8) is 0 Å². The summed E-state index contributed by atoms with van der Waals surface area (Å²) in [5, 5.41) is 3.65. The van der Waals surface area contributed by atoms with Crippen LogP contribution in [0.4, 0.5) is 0 Å². The smallest absolute Gasteiger partial charge is 0.119 e. The van der Waals surface area contributed by atoms with Crippen molar-refractivity contribution in [2.75, 3.05) is 6.61 Å². The number of benzene rings is 1. The molecule has 1 fully saturated rings. The summed E-state index contributed by atoms with van der Waals surface area (Å²) in [4.78, 5) is 0. The molecule has 0 saturated heterocycles. The number of hydrogen-bond donors (Lipinski definition) is 1. The molecule has 2 rings (SSSR count). The van der Waals surface area contributed by atoms with Gasteiger partial charge in [0.25, 0.3) is 0 Å². The molecule has 0 heterocycles. The zero-order chi connectivity index (χ0) is 11.9. The second-order valence-corrected chi connectivity index (χ2v) is 4.79. The maximum atomic E-state index is 5.43. The summed E-state index contributed by atoms with van der Waals surface area (Å²) >= 11 is 0. The van der Waals surface area contributed by atoms with Gasteiger partial charge in [0.2, 0.25) is 0 Å². The summed E-state index contributed by atoms with van der Waals surface area (Å²) in [6.45, 7) is 3.73. The van der Waals surface area contributed by atoms with Gasteiger partial charge in [-0.25, -0.2) is 0 Å². The molecule has 0 bridgehead atoms. The molecular formula is C15H23NO. The number of rotatable bonds is 5. The van der Waals surface area contributed by atoms with Crippen LogP contribution in [0.3, 0.4) is 0 Å². The van der Waals surface area contributed by atoms with Crippen LogP contribution in [0.5, 0.6) is 5.75 Å². The minimum absolute atomic E-state index is 0.732. The fraction of sp³-hybridized carbons (Fsp3) is 0.600. The molecule has 0 radical (unpaired) electrons. The SMILES string of the molecule is CCOc1ccc(CNC2CCCCC2)cc1. The summed E-state index contributed by atoms with van der Waals surface area (Å²) in [5.74, 6) is 0.967. The van der Waals surface area contributed by atoms with Gasteiger partial charge >= 0.3 is 0 Å². The Morgan fingerprint density at radius 3 is 2.47 bits per heavy atom. The molecule has 0 aliphatic heterocycles. The Balaban J connectivity index is 1.77. The molecule has 0 atom stereocenters. The molecule has 1 aliphatic rings. The van der Waals surface area contributed by atoms with Crippen molar-refractivity contribution in [1.82, 2.24) is 5.32 Å². The van der Waals surface area contributed by atoms with Gasteiger partial charge in [0.05, 0.1) is 6.61 Å². The molecule has 0 unspecified atom stereocenters. The predicted molar refractivity (Wildman–Crippen MR) is 71.3 cm³/mol. The maximum Gasteiger partial charge on any atom is 0.119 e. The van der Waals surface area contributed by atoms with Gasteiger partial charge in [0, 0.05) is 12.6 Å². The Kier molecular flexibility index (Phi) is 4.87. The van der Waals surface area contributed by atoms with Gasteiger partial charge in [0.1, 0.15) is 5.75 Å². The van der Waals surface area contributed by atoms with Crippen molar-refractivity contribution in [2.45, 2.75) is 51.6 Å². The Morgan fingerprint density at radius 2 is 1.82 bits per heavy atom. The molecule has 0 amide bonds. The molecule has 94 valence electrons. The number of nitrogens with one attached hydrogen (secondary N) is 1. The third-order valence-electron chi connectivity index (χ3n) is 3.43. The monoisotopic (exact) mass is 233 g/mol. The Morgan fingerprint density at radius 1 is 1.12 bits per heavy atom. The van der Waals surface area contributed by atoms with Crippen LogP contribution in [0, 0.1) is 0 Å². The largest absolute Gasteiger partial charge is 0.494 e. The third-order valence-corrected chi connectivity index (χ3v) is 3.43. The molecular weight excluding hydrogens is 210 g/mol. The Bertz CT molecular complexity index is 314. The summed E-state index contributed by atoms with van der Waals surface area (Å²) < 4.78 is 5.43. The first-order valence-electron chi connectivity index (χ1n) is 6.83. The molecule has 2 nitrogen and oxygen atoms in total. The van der Waals surface area contributed by atoms with Gasteiger partial charge in [-0.15, -0.1) is 0 Å². The van der Waals surface area contributed by atoms with Crippen LogP contribution in [-0.4, -0.2) is 12.6 Å². The minimum atomic E-state index is 0.732. The van der Waals surface area contributed by atoms with Gasteiger partial charge in [-0.05, 0) is 37.5 Å². The molecule has 1 aliphatic carbocycles. The molecule has 1 saturated carbocycles. The van der Waals surface area contributed by atoms with Gasteiger partial charge in [0.15, 0.2) is 0 Å². The average Bonchev–Trinajstić information content (AvgIpc) is 2.40. The molecule has 0 aromatic heterocycles. The molecule has 0 spiro atoms. The van der Waals surface area contributed by atoms with Crippen LogP contribution >= 0.6 is 0 Å². The fourth-order valence-corrected chi connectivity index (χ4v) is 2.44. The number of hydrogen-bond acceptors (Lipinski definition) is 2. The Labute approximate surface area is 104 Å². The average molecular weight is 233 g/mol. The van der Waals surface area contributed by atoms with Crippen LogP contribution in [0.1, 0.15) is 44.6 Å². The van der Waals surface area contributed by atoms with Crippen molar-refractivity contribution in [3.8, 4) is 5.75 Å². The van der Waals surface area contributed by atoms with E-state index in [9.17, 15) is 0 Å². The number of ether oxygens (including phenoxy) is 1. The molecule has 1 aromatic carbocycles. The lowest BCUT2D eigenvalue weighted by atomic mass is 9.95. The normalized spacial score (nSPS) is 17.0. The van der Waals surface area contributed by atoms with E-state index in [-0.39, 0.29) is 0 Å². The lowest BCUT2D eigenvalue weighted by Crippen LogP contribution is -2.30. The standard InChI is InChI=1S/C15H23NO/c1-2-17-15-10-8-13(9-11-15)12-16-14-6-4-3-5-7-14/h8-11,14,16H,2-7,12H2,1H3.